The van der Waals surface area contributed by atoms with E-state index in [0.29, 0.717) is 30.5 Å². The minimum atomic E-state index is -5.08. The molecule has 2 aromatic carbocycles. The van der Waals surface area contributed by atoms with Crippen molar-refractivity contribution >= 4 is 17.0 Å². The van der Waals surface area contributed by atoms with Gasteiger partial charge in [-0.2, -0.15) is 31.6 Å². The predicted molar refractivity (Wildman–Crippen MR) is 120 cm³/mol. The van der Waals surface area contributed by atoms with Gasteiger partial charge < -0.3 is 10.0 Å². The number of rotatable bonds is 8. The molecule has 3 aromatic rings. The molecule has 1 N–H and O–H groups in total. The van der Waals surface area contributed by atoms with Gasteiger partial charge in [-0.25, -0.2) is 9.78 Å². The van der Waals surface area contributed by atoms with Crippen molar-refractivity contribution in [3.05, 3.63) is 59.9 Å². The first-order valence-corrected chi connectivity index (χ1v) is 10.8. The highest BCUT2D eigenvalue weighted by Crippen LogP contribution is 2.34. The van der Waals surface area contributed by atoms with Crippen LogP contribution in [-0.4, -0.2) is 51.8 Å². The zero-order chi connectivity index (χ0) is 26.9. The molecule has 0 aliphatic heterocycles. The topological polar surface area (TPSA) is 82.2 Å². The summed E-state index contributed by atoms with van der Waals surface area (Å²) < 4.78 is 73.7. The minimum Gasteiger partial charge on any atom is -0.475 e. The lowest BCUT2D eigenvalue weighted by Crippen LogP contribution is -2.21. The van der Waals surface area contributed by atoms with Crippen LogP contribution in [0.2, 0.25) is 0 Å². The van der Waals surface area contributed by atoms with E-state index in [1.807, 2.05) is 41.9 Å². The highest BCUT2D eigenvalue weighted by molar-refractivity contribution is 5.82. The largest absolute Gasteiger partial charge is 0.490 e. The summed E-state index contributed by atoms with van der Waals surface area (Å²) in [4.78, 5) is 15.2. The van der Waals surface area contributed by atoms with Gasteiger partial charge in [0.1, 0.15) is 6.33 Å². The summed E-state index contributed by atoms with van der Waals surface area (Å²) in [5.41, 5.74) is 1.93. The van der Waals surface area contributed by atoms with Crippen LogP contribution in [0.25, 0.3) is 16.7 Å². The second-order valence-electron chi connectivity index (χ2n) is 7.92. The maximum Gasteiger partial charge on any atom is 0.490 e. The zero-order valence-corrected chi connectivity index (χ0v) is 19.3. The molecule has 6 nitrogen and oxygen atoms in total. The Kier molecular flexibility index (Phi) is 9.86. The van der Waals surface area contributed by atoms with Crippen molar-refractivity contribution in [2.75, 3.05) is 20.1 Å². The molecule has 0 saturated carbocycles. The summed E-state index contributed by atoms with van der Waals surface area (Å²) in [6.07, 6.45) is -5.30. The third kappa shape index (κ3) is 8.27. The molecule has 0 radical (unpaired) electrons. The van der Waals surface area contributed by atoms with E-state index in [4.69, 9.17) is 15.2 Å². The number of aryl methyl sites for hydroxylation is 1. The van der Waals surface area contributed by atoms with E-state index in [1.165, 1.54) is 6.07 Å². The van der Waals surface area contributed by atoms with Crippen LogP contribution in [0.15, 0.2) is 48.8 Å². The first kappa shape index (κ1) is 28.6. The van der Waals surface area contributed by atoms with E-state index in [1.54, 1.807) is 6.33 Å². The quantitative estimate of drug-likeness (QED) is 0.302. The SMILES string of the molecule is CN(CCC#N)CCCCc1cc(C(F)(F)F)cc2ncn(-c3ccccc3)c12.O=C(O)C(F)(F)F. The van der Waals surface area contributed by atoms with Crippen LogP contribution in [0.5, 0.6) is 0 Å². The number of halogens is 6. The number of imidazole rings is 1. The third-order valence-corrected chi connectivity index (χ3v) is 5.17. The molecule has 0 saturated heterocycles. The van der Waals surface area contributed by atoms with Crippen molar-refractivity contribution in [3.63, 3.8) is 0 Å². The van der Waals surface area contributed by atoms with Gasteiger partial charge in [0.05, 0.1) is 22.7 Å². The van der Waals surface area contributed by atoms with E-state index in [9.17, 15) is 26.3 Å². The van der Waals surface area contributed by atoms with Crippen LogP contribution < -0.4 is 0 Å². The lowest BCUT2D eigenvalue weighted by molar-refractivity contribution is -0.192. The number of hydrogen-bond donors (Lipinski definition) is 1. The first-order chi connectivity index (χ1) is 16.8. The van der Waals surface area contributed by atoms with Crippen molar-refractivity contribution in [2.24, 2.45) is 0 Å². The van der Waals surface area contributed by atoms with Crippen LogP contribution >= 0.6 is 0 Å². The van der Waals surface area contributed by atoms with Crippen LogP contribution in [0.3, 0.4) is 0 Å². The number of carboxylic acid groups (broad SMARTS) is 1. The molecule has 0 amide bonds. The summed E-state index contributed by atoms with van der Waals surface area (Å²) in [6, 6.07) is 14.0. The molecule has 0 aliphatic rings. The second kappa shape index (κ2) is 12.4. The van der Waals surface area contributed by atoms with E-state index >= 15 is 0 Å². The number of fused-ring (bicyclic) bond motifs is 1. The molecule has 0 aliphatic carbocycles. The first-order valence-electron chi connectivity index (χ1n) is 10.8. The Morgan fingerprint density at radius 3 is 2.28 bits per heavy atom. The Morgan fingerprint density at radius 1 is 1.08 bits per heavy atom. The fraction of sp³-hybridized carbons (Fsp3) is 0.375. The van der Waals surface area contributed by atoms with Crippen molar-refractivity contribution in [1.29, 1.82) is 5.26 Å². The number of para-hydroxylation sites is 1. The number of carboxylic acids is 1. The van der Waals surface area contributed by atoms with E-state index in [-0.39, 0.29) is 0 Å². The highest BCUT2D eigenvalue weighted by atomic mass is 19.4. The smallest absolute Gasteiger partial charge is 0.475 e. The van der Waals surface area contributed by atoms with Crippen LogP contribution in [0.1, 0.15) is 30.4 Å². The van der Waals surface area contributed by atoms with E-state index in [2.05, 4.69) is 16.0 Å². The Labute approximate surface area is 203 Å². The van der Waals surface area contributed by atoms with Crippen molar-refractivity contribution < 1.29 is 36.2 Å². The van der Waals surface area contributed by atoms with Gasteiger partial charge in [-0.1, -0.05) is 18.2 Å². The number of nitrogens with zero attached hydrogens (tertiary/aromatic N) is 4. The number of nitriles is 1. The summed E-state index contributed by atoms with van der Waals surface area (Å²) in [5.74, 6) is -2.76. The normalized spacial score (nSPS) is 11.8. The number of carbonyl (C=O) groups is 1. The Morgan fingerprint density at radius 2 is 1.72 bits per heavy atom. The molecule has 3 rings (SSSR count). The number of benzene rings is 2. The Hall–Kier alpha value is -3.59. The number of unbranched alkanes of at least 4 members (excludes halogenated alkanes) is 1. The zero-order valence-electron chi connectivity index (χ0n) is 19.3. The lowest BCUT2D eigenvalue weighted by Gasteiger charge is -2.15. The van der Waals surface area contributed by atoms with Crippen molar-refractivity contribution in [2.45, 2.75) is 38.0 Å². The summed E-state index contributed by atoms with van der Waals surface area (Å²) in [6.45, 7) is 1.51. The molecule has 1 heterocycles. The maximum atomic E-state index is 13.4. The van der Waals surface area contributed by atoms with Crippen molar-refractivity contribution in [1.82, 2.24) is 14.5 Å². The van der Waals surface area contributed by atoms with Crippen LogP contribution in [0.4, 0.5) is 26.3 Å². The maximum absolute atomic E-state index is 13.4. The van der Waals surface area contributed by atoms with Crippen LogP contribution in [-0.2, 0) is 17.4 Å². The molecule has 0 spiro atoms. The monoisotopic (exact) mass is 514 g/mol. The van der Waals surface area contributed by atoms with E-state index < -0.39 is 23.9 Å². The molecular formula is C24H24F6N4O2. The standard InChI is InChI=1S/C22H23F3N4.C2HF3O2/c1-28(13-7-11-26)12-6-5-8-17-14-18(22(23,24)25)15-20-21(17)29(16-27-20)19-9-3-2-4-10-19;3-2(4,5)1(6)7/h2-4,9-10,14-16H,5-8,12-13H2,1H3;(H,6,7). The number of hydrogen-bond acceptors (Lipinski definition) is 4. The molecule has 36 heavy (non-hydrogen) atoms. The highest BCUT2D eigenvalue weighted by Gasteiger charge is 2.38. The number of aliphatic carboxylic acids is 1. The fourth-order valence-corrected chi connectivity index (χ4v) is 3.42. The molecular weight excluding hydrogens is 490 g/mol. The second-order valence-corrected chi connectivity index (χ2v) is 7.92. The van der Waals surface area contributed by atoms with Gasteiger partial charge >= 0.3 is 18.3 Å². The minimum absolute atomic E-state index is 0.352. The average molecular weight is 514 g/mol. The molecule has 1 aromatic heterocycles. The van der Waals surface area contributed by atoms with Crippen molar-refractivity contribution in [3.8, 4) is 11.8 Å². The van der Waals surface area contributed by atoms with Gasteiger partial charge in [0.25, 0.3) is 0 Å². The molecule has 0 bridgehead atoms. The van der Waals surface area contributed by atoms with Gasteiger partial charge in [-0.15, -0.1) is 0 Å². The van der Waals surface area contributed by atoms with Gasteiger partial charge in [-0.3, -0.25) is 4.57 Å². The third-order valence-electron chi connectivity index (χ3n) is 5.17. The molecule has 0 unspecified atom stereocenters. The Balaban J connectivity index is 0.000000572. The average Bonchev–Trinajstić information content (AvgIpc) is 3.24. The fourth-order valence-electron chi connectivity index (χ4n) is 3.42. The molecule has 12 heteroatoms. The van der Waals surface area contributed by atoms with E-state index in [0.717, 1.165) is 36.7 Å². The predicted octanol–water partition coefficient (Wildman–Crippen LogP) is 5.85. The molecule has 0 fully saturated rings. The summed E-state index contributed by atoms with van der Waals surface area (Å²) >= 11 is 0. The lowest BCUT2D eigenvalue weighted by atomic mass is 10.0. The summed E-state index contributed by atoms with van der Waals surface area (Å²) in [5, 5.41) is 15.8. The molecule has 194 valence electrons. The Bertz CT molecular complexity index is 1180. The molecule has 0 atom stereocenters. The summed E-state index contributed by atoms with van der Waals surface area (Å²) in [7, 11) is 1.95. The van der Waals surface area contributed by atoms with Crippen LogP contribution in [0, 0.1) is 11.3 Å². The van der Waals surface area contributed by atoms with Gasteiger partial charge in [0.15, 0.2) is 0 Å². The van der Waals surface area contributed by atoms with Gasteiger partial charge in [0.2, 0.25) is 0 Å². The van der Waals surface area contributed by atoms with Gasteiger partial charge in [0, 0.05) is 18.7 Å². The number of aromatic nitrogens is 2. The van der Waals surface area contributed by atoms with Gasteiger partial charge in [-0.05, 0) is 62.7 Å². The number of alkyl halides is 6.